The van der Waals surface area contributed by atoms with E-state index in [1.54, 1.807) is 20.8 Å². The number of ether oxygens (including phenoxy) is 1. The highest BCUT2D eigenvalue weighted by Crippen LogP contribution is 2.35. The number of likely N-dealkylation sites (tertiary alicyclic amines) is 1. The van der Waals surface area contributed by atoms with Gasteiger partial charge in [0.15, 0.2) is 0 Å². The molecule has 138 valence electrons. The molecule has 25 heavy (non-hydrogen) atoms. The third-order valence-corrected chi connectivity index (χ3v) is 4.62. The lowest BCUT2D eigenvalue weighted by Crippen LogP contribution is -2.55. The largest absolute Gasteiger partial charge is 0.444 e. The van der Waals surface area contributed by atoms with Crippen LogP contribution in [-0.2, 0) is 9.53 Å². The number of piperidine rings is 1. The highest BCUT2D eigenvalue weighted by Gasteiger charge is 2.42. The summed E-state index contributed by atoms with van der Waals surface area (Å²) in [6, 6.07) is 1.57. The van der Waals surface area contributed by atoms with E-state index in [9.17, 15) is 18.4 Å². The Morgan fingerprint density at radius 3 is 2.60 bits per heavy atom. The summed E-state index contributed by atoms with van der Waals surface area (Å²) < 4.78 is 33.1. The molecule has 1 saturated heterocycles. The molecule has 0 aromatic heterocycles. The zero-order valence-electron chi connectivity index (χ0n) is 14.5. The average molecular weight is 419 g/mol. The zero-order chi connectivity index (χ0) is 18.9. The van der Waals surface area contributed by atoms with Crippen molar-refractivity contribution >= 4 is 27.9 Å². The monoisotopic (exact) mass is 418 g/mol. The molecule has 1 N–H and O–H groups in total. The lowest BCUT2D eigenvalue weighted by molar-refractivity contribution is -0.135. The van der Waals surface area contributed by atoms with Crippen LogP contribution in [0.1, 0.15) is 38.8 Å². The van der Waals surface area contributed by atoms with E-state index in [1.165, 1.54) is 11.9 Å². The summed E-state index contributed by atoms with van der Waals surface area (Å²) in [4.78, 5) is 25.2. The van der Waals surface area contributed by atoms with Gasteiger partial charge in [0.1, 0.15) is 17.2 Å². The van der Waals surface area contributed by atoms with Gasteiger partial charge >= 0.3 is 6.09 Å². The van der Waals surface area contributed by atoms with Gasteiger partial charge in [0.05, 0.1) is 16.9 Å². The van der Waals surface area contributed by atoms with Gasteiger partial charge in [-0.15, -0.1) is 0 Å². The summed E-state index contributed by atoms with van der Waals surface area (Å²) in [5.41, 5.74) is -0.690. The Hall–Kier alpha value is -1.70. The summed E-state index contributed by atoms with van der Waals surface area (Å²) in [6.45, 7) is 5.17. The molecule has 3 atom stereocenters. The average Bonchev–Trinajstić information content (AvgIpc) is 2.46. The fraction of sp³-hybridized carbons (Fsp3) is 0.529. The number of likely N-dealkylation sites (N-methyl/N-ethyl adjacent to an activating group) is 1. The Morgan fingerprint density at radius 1 is 1.36 bits per heavy atom. The summed E-state index contributed by atoms with van der Waals surface area (Å²) in [5.74, 6) is -1.53. The minimum atomic E-state index is -0.843. The van der Waals surface area contributed by atoms with Crippen molar-refractivity contribution in [3.8, 4) is 0 Å². The van der Waals surface area contributed by atoms with E-state index >= 15 is 0 Å². The van der Waals surface area contributed by atoms with Crippen molar-refractivity contribution in [1.82, 2.24) is 10.2 Å². The number of halogens is 3. The molecule has 1 aliphatic heterocycles. The molecule has 8 heteroatoms. The number of carbonyl (C=O) groups excluding carboxylic acids is 2. The second kappa shape index (κ2) is 7.27. The van der Waals surface area contributed by atoms with Gasteiger partial charge in [-0.3, -0.25) is 4.79 Å². The van der Waals surface area contributed by atoms with Crippen molar-refractivity contribution in [3.05, 3.63) is 35.4 Å². The van der Waals surface area contributed by atoms with Crippen LogP contribution in [0.15, 0.2) is 18.2 Å². The number of nitrogens with zero attached hydrogens (tertiary/aromatic N) is 1. The van der Waals surface area contributed by atoms with Crippen molar-refractivity contribution in [1.29, 1.82) is 0 Å². The highest BCUT2D eigenvalue weighted by atomic mass is 79.9. The van der Waals surface area contributed by atoms with E-state index in [4.69, 9.17) is 4.74 Å². The number of benzene rings is 1. The van der Waals surface area contributed by atoms with E-state index in [0.717, 1.165) is 18.2 Å². The molecule has 1 aromatic rings. The number of amides is 2. The second-order valence-electron chi connectivity index (χ2n) is 7.02. The summed E-state index contributed by atoms with van der Waals surface area (Å²) in [6.07, 6.45) is -0.454. The van der Waals surface area contributed by atoms with E-state index in [-0.39, 0.29) is 17.9 Å². The third-order valence-electron chi connectivity index (χ3n) is 3.85. The molecular formula is C17H21BrF2N2O3. The van der Waals surface area contributed by atoms with E-state index in [1.807, 2.05) is 0 Å². The van der Waals surface area contributed by atoms with Crippen LogP contribution >= 0.6 is 15.9 Å². The summed E-state index contributed by atoms with van der Waals surface area (Å²) >= 11 is 3.27. The van der Waals surface area contributed by atoms with Crippen LogP contribution in [0.2, 0.25) is 0 Å². The van der Waals surface area contributed by atoms with Gasteiger partial charge in [-0.05, 0) is 45.4 Å². The first kappa shape index (κ1) is 19.6. The van der Waals surface area contributed by atoms with Gasteiger partial charge < -0.3 is 15.0 Å². The number of hydrogen-bond acceptors (Lipinski definition) is 3. The fourth-order valence-electron chi connectivity index (χ4n) is 2.84. The van der Waals surface area contributed by atoms with Gasteiger partial charge in [-0.2, -0.15) is 0 Å². The quantitative estimate of drug-likeness (QED) is 0.747. The molecule has 0 bridgehead atoms. The van der Waals surface area contributed by atoms with Crippen molar-refractivity contribution in [3.63, 3.8) is 0 Å². The number of rotatable bonds is 2. The number of hydrogen-bond donors (Lipinski definition) is 1. The molecule has 1 aliphatic rings. The normalized spacial score (nSPS) is 24.2. The molecule has 1 fully saturated rings. The molecule has 1 heterocycles. The van der Waals surface area contributed by atoms with Crippen molar-refractivity contribution in [2.75, 3.05) is 7.05 Å². The highest BCUT2D eigenvalue weighted by molar-refractivity contribution is 9.10. The van der Waals surface area contributed by atoms with E-state index < -0.39 is 40.2 Å². The standard InChI is InChI=1S/C17H21BrF2N2O3/c1-17(2,3)25-16(24)21-13-8-11(18)15(23)22(4)14(13)10-7-9(19)5-6-12(10)20/h5-7,11,13-14H,8H2,1-4H3,(H,21,24)/t11?,13-,14+/m0/s1. The van der Waals surface area contributed by atoms with Gasteiger partial charge in [-0.1, -0.05) is 15.9 Å². The van der Waals surface area contributed by atoms with Crippen molar-refractivity contribution in [2.24, 2.45) is 0 Å². The van der Waals surface area contributed by atoms with Gasteiger partial charge in [0, 0.05) is 12.6 Å². The van der Waals surface area contributed by atoms with Crippen molar-refractivity contribution < 1.29 is 23.1 Å². The molecule has 1 unspecified atom stereocenters. The summed E-state index contributed by atoms with van der Waals surface area (Å²) in [5, 5.41) is 2.68. The number of nitrogens with one attached hydrogen (secondary N) is 1. The van der Waals surface area contributed by atoms with Crippen LogP contribution in [0.4, 0.5) is 13.6 Å². The molecular weight excluding hydrogens is 398 g/mol. The first-order valence-corrected chi connectivity index (χ1v) is 8.76. The SMILES string of the molecule is CN1C(=O)C(Br)C[C@H](NC(=O)OC(C)(C)C)[C@H]1c1cc(F)ccc1F. The minimum absolute atomic E-state index is 0.0105. The second-order valence-corrected chi connectivity index (χ2v) is 8.12. The van der Waals surface area contributed by atoms with Crippen LogP contribution in [0.3, 0.4) is 0 Å². The predicted molar refractivity (Wildman–Crippen MR) is 92.4 cm³/mol. The van der Waals surface area contributed by atoms with Gasteiger partial charge in [0.2, 0.25) is 5.91 Å². The van der Waals surface area contributed by atoms with Crippen LogP contribution < -0.4 is 5.32 Å². The van der Waals surface area contributed by atoms with Crippen LogP contribution in [-0.4, -0.2) is 40.4 Å². The zero-order valence-corrected chi connectivity index (χ0v) is 16.1. The van der Waals surface area contributed by atoms with Crippen LogP contribution in [0, 0.1) is 11.6 Å². The van der Waals surface area contributed by atoms with Gasteiger partial charge in [-0.25, -0.2) is 13.6 Å². The number of alkyl halides is 1. The molecule has 1 aromatic carbocycles. The Balaban J connectivity index is 2.35. The van der Waals surface area contributed by atoms with E-state index in [0.29, 0.717) is 0 Å². The molecule has 0 spiro atoms. The predicted octanol–water partition coefficient (Wildman–Crippen LogP) is 3.52. The molecule has 5 nitrogen and oxygen atoms in total. The van der Waals surface area contributed by atoms with Crippen LogP contribution in [0.25, 0.3) is 0 Å². The Labute approximate surface area is 153 Å². The maximum atomic E-state index is 14.3. The minimum Gasteiger partial charge on any atom is -0.444 e. The van der Waals surface area contributed by atoms with Crippen molar-refractivity contribution in [2.45, 2.75) is 49.7 Å². The Kier molecular flexibility index (Phi) is 5.71. The lowest BCUT2D eigenvalue weighted by atomic mass is 9.90. The third kappa shape index (κ3) is 4.68. The van der Waals surface area contributed by atoms with E-state index in [2.05, 4.69) is 21.2 Å². The molecule has 2 amide bonds. The Bertz CT molecular complexity index is 678. The maximum absolute atomic E-state index is 14.3. The molecule has 0 saturated carbocycles. The maximum Gasteiger partial charge on any atom is 0.407 e. The lowest BCUT2D eigenvalue weighted by Gasteiger charge is -2.41. The summed E-state index contributed by atoms with van der Waals surface area (Å²) in [7, 11) is 1.49. The first-order chi connectivity index (χ1) is 11.5. The smallest absolute Gasteiger partial charge is 0.407 e. The first-order valence-electron chi connectivity index (χ1n) is 7.85. The van der Waals surface area contributed by atoms with Gasteiger partial charge in [0.25, 0.3) is 0 Å². The topological polar surface area (TPSA) is 58.6 Å². The number of carbonyl (C=O) groups is 2. The molecule has 2 rings (SSSR count). The fourth-order valence-corrected chi connectivity index (χ4v) is 3.57. The Morgan fingerprint density at radius 2 is 2.00 bits per heavy atom. The number of alkyl carbamates (subject to hydrolysis) is 1. The van der Waals surface area contributed by atoms with Crippen LogP contribution in [0.5, 0.6) is 0 Å². The molecule has 0 radical (unpaired) electrons. The molecule has 0 aliphatic carbocycles.